The quantitative estimate of drug-likeness (QED) is 0.658. The first kappa shape index (κ1) is 11.7. The number of amides is 2. The molecule has 5 heteroatoms. The highest BCUT2D eigenvalue weighted by molar-refractivity contribution is 6.01. The molecule has 2 unspecified atom stereocenters. The first-order valence-corrected chi connectivity index (χ1v) is 5.05. The molecule has 1 fully saturated rings. The van der Waals surface area contributed by atoms with Gasteiger partial charge in [0.1, 0.15) is 0 Å². The second-order valence-corrected chi connectivity index (χ2v) is 3.80. The fourth-order valence-electron chi connectivity index (χ4n) is 1.75. The lowest BCUT2D eigenvalue weighted by Crippen LogP contribution is -2.58. The van der Waals surface area contributed by atoms with Gasteiger partial charge in [-0.25, -0.2) is 0 Å². The molecule has 1 N–H and O–H groups in total. The van der Waals surface area contributed by atoms with Crippen LogP contribution in [0.25, 0.3) is 0 Å². The lowest BCUT2D eigenvalue weighted by atomic mass is 10.1. The molecule has 0 saturated carbocycles. The van der Waals surface area contributed by atoms with E-state index in [9.17, 15) is 9.59 Å². The van der Waals surface area contributed by atoms with Crippen molar-refractivity contribution in [2.75, 3.05) is 13.1 Å². The number of nitrogens with one attached hydrogen (secondary N) is 1. The molecule has 0 aromatic carbocycles. The van der Waals surface area contributed by atoms with Gasteiger partial charge >= 0.3 is 0 Å². The molecular formula is C10H15N3O2. The smallest absolute Gasteiger partial charge is 0.243 e. The van der Waals surface area contributed by atoms with E-state index in [0.29, 0.717) is 13.0 Å². The number of piperazine rings is 1. The van der Waals surface area contributed by atoms with Crippen LogP contribution < -0.4 is 5.32 Å². The number of carbonyl (C=O) groups is 2. The van der Waals surface area contributed by atoms with Crippen LogP contribution in [0.3, 0.4) is 0 Å². The van der Waals surface area contributed by atoms with Crippen LogP contribution >= 0.6 is 0 Å². The highest BCUT2D eigenvalue weighted by atomic mass is 16.2. The van der Waals surface area contributed by atoms with Crippen molar-refractivity contribution in [3.63, 3.8) is 0 Å². The van der Waals surface area contributed by atoms with Gasteiger partial charge in [-0.05, 0) is 13.3 Å². The van der Waals surface area contributed by atoms with E-state index in [-0.39, 0.29) is 30.3 Å². The number of hydrogen-bond donors (Lipinski definition) is 1. The molecular weight excluding hydrogens is 194 g/mol. The maximum atomic E-state index is 11.5. The molecule has 0 aliphatic carbocycles. The Labute approximate surface area is 89.0 Å². The molecule has 15 heavy (non-hydrogen) atoms. The van der Waals surface area contributed by atoms with Gasteiger partial charge in [0.15, 0.2) is 0 Å². The second kappa shape index (κ2) is 4.89. The number of rotatable bonds is 3. The first-order valence-electron chi connectivity index (χ1n) is 5.05. The van der Waals surface area contributed by atoms with Gasteiger partial charge in [0.05, 0.1) is 24.6 Å². The summed E-state index contributed by atoms with van der Waals surface area (Å²) in [4.78, 5) is 24.4. The molecule has 0 radical (unpaired) electrons. The van der Waals surface area contributed by atoms with Crippen molar-refractivity contribution in [2.45, 2.75) is 26.3 Å². The zero-order valence-electron chi connectivity index (χ0n) is 8.99. The van der Waals surface area contributed by atoms with E-state index in [1.54, 1.807) is 11.8 Å². The minimum absolute atomic E-state index is 0.169. The first-order chi connectivity index (χ1) is 7.08. The fraction of sp³-hybridized carbons (Fsp3) is 0.700. The van der Waals surface area contributed by atoms with Crippen molar-refractivity contribution >= 4 is 11.8 Å². The van der Waals surface area contributed by atoms with Crippen LogP contribution in [-0.2, 0) is 9.59 Å². The minimum atomic E-state index is -0.283. The van der Waals surface area contributed by atoms with Gasteiger partial charge in [-0.3, -0.25) is 19.8 Å². The predicted molar refractivity (Wildman–Crippen MR) is 53.6 cm³/mol. The Kier molecular flexibility index (Phi) is 3.81. The third-order valence-electron chi connectivity index (χ3n) is 2.47. The average molecular weight is 209 g/mol. The lowest BCUT2D eigenvalue weighted by Gasteiger charge is -2.33. The van der Waals surface area contributed by atoms with Crippen LogP contribution in [0.4, 0.5) is 0 Å². The molecule has 82 valence electrons. The SMILES string of the molecule is CCC1C(=O)NC(=O)CN1CC(C)C#N. The van der Waals surface area contributed by atoms with E-state index in [1.807, 2.05) is 6.92 Å². The van der Waals surface area contributed by atoms with Crippen molar-refractivity contribution in [1.29, 1.82) is 5.26 Å². The summed E-state index contributed by atoms with van der Waals surface area (Å²) in [7, 11) is 0. The predicted octanol–water partition coefficient (Wildman–Crippen LogP) is -0.117. The number of hydrogen-bond acceptors (Lipinski definition) is 4. The van der Waals surface area contributed by atoms with Crippen LogP contribution in [0.5, 0.6) is 0 Å². The zero-order chi connectivity index (χ0) is 11.4. The summed E-state index contributed by atoms with van der Waals surface area (Å²) >= 11 is 0. The van der Waals surface area contributed by atoms with E-state index in [2.05, 4.69) is 11.4 Å². The fourth-order valence-corrected chi connectivity index (χ4v) is 1.75. The molecule has 2 amide bonds. The molecule has 1 heterocycles. The molecule has 0 spiro atoms. The monoisotopic (exact) mass is 209 g/mol. The molecule has 1 saturated heterocycles. The van der Waals surface area contributed by atoms with Gasteiger partial charge in [0.2, 0.25) is 11.8 Å². The molecule has 0 aromatic rings. The minimum Gasteiger partial charge on any atom is -0.294 e. The van der Waals surface area contributed by atoms with Crippen LogP contribution in [-0.4, -0.2) is 35.8 Å². The van der Waals surface area contributed by atoms with Gasteiger partial charge in [-0.15, -0.1) is 0 Å². The summed E-state index contributed by atoms with van der Waals surface area (Å²) < 4.78 is 0. The Bertz CT molecular complexity index is 308. The Morgan fingerprint density at radius 3 is 2.87 bits per heavy atom. The van der Waals surface area contributed by atoms with Crippen molar-refractivity contribution in [3.05, 3.63) is 0 Å². The third-order valence-corrected chi connectivity index (χ3v) is 2.47. The summed E-state index contributed by atoms with van der Waals surface area (Å²) in [5.74, 6) is -0.702. The highest BCUT2D eigenvalue weighted by Gasteiger charge is 2.32. The van der Waals surface area contributed by atoms with Crippen molar-refractivity contribution in [2.24, 2.45) is 5.92 Å². The second-order valence-electron chi connectivity index (χ2n) is 3.80. The average Bonchev–Trinajstić information content (AvgIpc) is 2.17. The van der Waals surface area contributed by atoms with Crippen LogP contribution in [0.2, 0.25) is 0 Å². The third kappa shape index (κ3) is 2.77. The Hall–Kier alpha value is -1.41. The Balaban J connectivity index is 2.70. The van der Waals surface area contributed by atoms with Gasteiger partial charge in [0.25, 0.3) is 0 Å². The van der Waals surface area contributed by atoms with Gasteiger partial charge in [-0.2, -0.15) is 5.26 Å². The topological polar surface area (TPSA) is 73.2 Å². The summed E-state index contributed by atoms with van der Waals surface area (Å²) in [5, 5.41) is 11.0. The largest absolute Gasteiger partial charge is 0.294 e. The van der Waals surface area contributed by atoms with E-state index < -0.39 is 0 Å². The Morgan fingerprint density at radius 2 is 2.33 bits per heavy atom. The summed E-state index contributed by atoms with van der Waals surface area (Å²) in [5.41, 5.74) is 0. The maximum Gasteiger partial charge on any atom is 0.243 e. The van der Waals surface area contributed by atoms with Crippen molar-refractivity contribution < 1.29 is 9.59 Å². The molecule has 1 rings (SSSR count). The summed E-state index contributed by atoms with van der Waals surface area (Å²) in [6.07, 6.45) is 0.650. The van der Waals surface area contributed by atoms with E-state index in [0.717, 1.165) is 0 Å². The van der Waals surface area contributed by atoms with Crippen molar-refractivity contribution in [3.8, 4) is 6.07 Å². The maximum absolute atomic E-state index is 11.5. The number of nitrogens with zero attached hydrogens (tertiary/aromatic N) is 2. The zero-order valence-corrected chi connectivity index (χ0v) is 8.99. The van der Waals surface area contributed by atoms with E-state index >= 15 is 0 Å². The summed E-state index contributed by atoms with van der Waals surface area (Å²) in [6, 6.07) is 1.82. The standard InChI is InChI=1S/C10H15N3O2/c1-3-8-10(15)12-9(14)6-13(8)5-7(2)4-11/h7-8H,3,5-6H2,1-2H3,(H,12,14,15). The lowest BCUT2D eigenvalue weighted by molar-refractivity contribution is -0.140. The Morgan fingerprint density at radius 1 is 1.67 bits per heavy atom. The van der Waals surface area contributed by atoms with Gasteiger partial charge in [-0.1, -0.05) is 6.92 Å². The van der Waals surface area contributed by atoms with Gasteiger partial charge < -0.3 is 0 Å². The molecule has 0 bridgehead atoms. The molecule has 1 aliphatic rings. The van der Waals surface area contributed by atoms with Gasteiger partial charge in [0, 0.05) is 6.54 Å². The van der Waals surface area contributed by atoms with E-state index in [4.69, 9.17) is 5.26 Å². The number of carbonyl (C=O) groups excluding carboxylic acids is 2. The van der Waals surface area contributed by atoms with Crippen molar-refractivity contribution in [1.82, 2.24) is 10.2 Å². The van der Waals surface area contributed by atoms with E-state index in [1.165, 1.54) is 0 Å². The molecule has 0 aromatic heterocycles. The normalized spacial score (nSPS) is 24.5. The van der Waals surface area contributed by atoms with Crippen LogP contribution in [0.15, 0.2) is 0 Å². The molecule has 2 atom stereocenters. The summed E-state index contributed by atoms with van der Waals surface area (Å²) in [6.45, 7) is 4.35. The van der Waals surface area contributed by atoms with Crippen LogP contribution in [0.1, 0.15) is 20.3 Å². The molecule has 5 nitrogen and oxygen atoms in total. The molecule has 1 aliphatic heterocycles. The number of nitriles is 1. The highest BCUT2D eigenvalue weighted by Crippen LogP contribution is 2.11. The van der Waals surface area contributed by atoms with Crippen LogP contribution in [0, 0.1) is 17.2 Å². The number of imide groups is 1.